The topological polar surface area (TPSA) is 52.2 Å². The molecule has 0 aliphatic carbocycles. The van der Waals surface area contributed by atoms with Gasteiger partial charge in [-0.25, -0.2) is 0 Å². The van der Waals surface area contributed by atoms with Crippen molar-refractivity contribution in [3.05, 3.63) is 88.4 Å². The third-order valence-corrected chi connectivity index (χ3v) is 13.1. The standard InChI is InChI=1S/C72H56N6O3/c1-14-34-73(35-15-2)43-33-58-53-78(42-22-9)72-57(25-12)49-63(51-66(58)72)79-45-27-29-62(75(38-18-5)39-19-6)48-60-55-76(40-20-7)67-31-32-69(64(26-13)71(60)67)81-46-28-30-61(74(36-16-3)37-17-4)47-59-54-77(41-21-8)68-50-56(24-11)70(52-65(59)68)80-44-23-10/h1-13,31-32,49-55,61-62H,33-48H2. The van der Waals surface area contributed by atoms with Gasteiger partial charge in [0.25, 0.3) is 0 Å². The summed E-state index contributed by atoms with van der Waals surface area (Å²) >= 11 is 0. The van der Waals surface area contributed by atoms with E-state index in [0.29, 0.717) is 85.9 Å². The van der Waals surface area contributed by atoms with Gasteiger partial charge < -0.3 is 27.9 Å². The van der Waals surface area contributed by atoms with E-state index in [1.165, 1.54) is 0 Å². The summed E-state index contributed by atoms with van der Waals surface area (Å²) in [5.74, 6) is 50.0. The van der Waals surface area contributed by atoms with Gasteiger partial charge in [0.05, 0.1) is 104 Å². The third-order valence-electron chi connectivity index (χ3n) is 13.1. The lowest BCUT2D eigenvalue weighted by molar-refractivity contribution is 0.295. The highest BCUT2D eigenvalue weighted by Crippen LogP contribution is 2.35. The highest BCUT2D eigenvalue weighted by Gasteiger charge is 2.24. The second-order valence-corrected chi connectivity index (χ2v) is 18.1. The first kappa shape index (κ1) is 59.2. The van der Waals surface area contributed by atoms with E-state index in [0.717, 1.165) is 49.4 Å². The average molecular weight is 1050 g/mol. The molecule has 0 aliphatic rings. The lowest BCUT2D eigenvalue weighted by atomic mass is 9.99. The van der Waals surface area contributed by atoms with Crippen molar-refractivity contribution in [1.29, 1.82) is 0 Å². The van der Waals surface area contributed by atoms with E-state index in [1.807, 2.05) is 77.3 Å². The van der Waals surface area contributed by atoms with Crippen LogP contribution in [0.15, 0.2) is 55.0 Å². The number of nitrogens with zero attached hydrogens (tertiary/aromatic N) is 6. The molecule has 9 heteroatoms. The summed E-state index contributed by atoms with van der Waals surface area (Å²) < 4.78 is 24.5. The monoisotopic (exact) mass is 1050 g/mol. The number of aromatic nitrogens is 3. The van der Waals surface area contributed by atoms with Gasteiger partial charge in [0, 0.05) is 54.1 Å². The smallest absolute Gasteiger partial charge is 0.149 e. The van der Waals surface area contributed by atoms with Crippen LogP contribution in [0.4, 0.5) is 0 Å². The van der Waals surface area contributed by atoms with E-state index >= 15 is 0 Å². The predicted molar refractivity (Wildman–Crippen MR) is 328 cm³/mol. The highest BCUT2D eigenvalue weighted by atomic mass is 16.5. The number of rotatable bonds is 24. The van der Waals surface area contributed by atoms with Crippen molar-refractivity contribution in [3.63, 3.8) is 0 Å². The Hall–Kier alpha value is -11.0. The van der Waals surface area contributed by atoms with Gasteiger partial charge in [-0.05, 0) is 59.5 Å². The van der Waals surface area contributed by atoms with Crippen molar-refractivity contribution in [3.8, 4) is 201 Å². The van der Waals surface area contributed by atoms with Gasteiger partial charge in [-0.3, -0.25) is 14.7 Å². The third kappa shape index (κ3) is 14.5. The van der Waals surface area contributed by atoms with E-state index in [4.69, 9.17) is 97.7 Å². The van der Waals surface area contributed by atoms with Crippen LogP contribution in [-0.2, 0) is 38.9 Å². The molecule has 0 saturated heterocycles. The molecule has 3 heterocycles. The maximum absolute atomic E-state index is 6.42. The Labute approximate surface area is 479 Å². The van der Waals surface area contributed by atoms with Crippen LogP contribution in [0, 0.1) is 184 Å². The molecule has 0 saturated carbocycles. The Kier molecular flexibility index (Phi) is 22.0. The second-order valence-electron chi connectivity index (χ2n) is 18.1. The van der Waals surface area contributed by atoms with E-state index < -0.39 is 12.1 Å². The molecule has 0 N–H and O–H groups in total. The quantitative estimate of drug-likeness (QED) is 0.0635. The predicted octanol–water partition coefficient (Wildman–Crippen LogP) is 6.64. The number of fused-ring (bicyclic) bond motifs is 3. The molecule has 392 valence electrons. The zero-order valence-electron chi connectivity index (χ0n) is 45.1. The molecular weight excluding hydrogens is 997 g/mol. The summed E-state index contributed by atoms with van der Waals surface area (Å²) in [5, 5.41) is 2.51. The van der Waals surface area contributed by atoms with Crippen molar-refractivity contribution in [2.24, 2.45) is 0 Å². The summed E-state index contributed by atoms with van der Waals surface area (Å²) in [6, 6.07) is 10.2. The molecular formula is C72H56N6O3. The molecule has 0 spiro atoms. The Morgan fingerprint density at radius 1 is 0.457 bits per heavy atom. The molecule has 6 aromatic rings. The Morgan fingerprint density at radius 2 is 1.00 bits per heavy atom. The number of hydrogen-bond acceptors (Lipinski definition) is 6. The Balaban J connectivity index is 1.32. The van der Waals surface area contributed by atoms with Crippen molar-refractivity contribution in [2.45, 2.75) is 51.0 Å². The van der Waals surface area contributed by atoms with E-state index in [9.17, 15) is 0 Å². The lowest BCUT2D eigenvalue weighted by Gasteiger charge is -2.24. The van der Waals surface area contributed by atoms with Crippen molar-refractivity contribution < 1.29 is 14.2 Å². The first-order chi connectivity index (χ1) is 39.6. The van der Waals surface area contributed by atoms with Crippen molar-refractivity contribution in [1.82, 2.24) is 28.4 Å². The minimum Gasteiger partial charge on any atom is -0.481 e. The maximum Gasteiger partial charge on any atom is 0.149 e. The second kappa shape index (κ2) is 30.0. The zero-order valence-corrected chi connectivity index (χ0v) is 45.1. The number of hydrogen-bond donors (Lipinski definition) is 0. The fraction of sp³-hybridized carbons (Fsp3) is 0.250. The molecule has 3 aromatic heterocycles. The van der Waals surface area contributed by atoms with Crippen LogP contribution in [0.3, 0.4) is 0 Å². The lowest BCUT2D eigenvalue weighted by Crippen LogP contribution is -2.36. The van der Waals surface area contributed by atoms with Crippen LogP contribution in [0.25, 0.3) is 32.7 Å². The molecule has 0 fully saturated rings. The number of ether oxygens (including phenoxy) is 3. The van der Waals surface area contributed by atoms with Gasteiger partial charge in [0.1, 0.15) is 37.1 Å². The van der Waals surface area contributed by atoms with Crippen molar-refractivity contribution in [2.75, 3.05) is 65.6 Å². The highest BCUT2D eigenvalue weighted by molar-refractivity contribution is 5.93. The van der Waals surface area contributed by atoms with Gasteiger partial charge >= 0.3 is 0 Å². The van der Waals surface area contributed by atoms with Gasteiger partial charge in [-0.15, -0.1) is 83.5 Å². The van der Waals surface area contributed by atoms with Crippen molar-refractivity contribution >= 4 is 32.7 Å². The van der Waals surface area contributed by atoms with Gasteiger partial charge in [0.2, 0.25) is 0 Å². The van der Waals surface area contributed by atoms with E-state index in [1.54, 1.807) is 6.07 Å². The molecule has 0 aliphatic heterocycles. The first-order valence-electron chi connectivity index (χ1n) is 25.4. The molecule has 3 aromatic carbocycles. The van der Waals surface area contributed by atoms with Gasteiger partial charge in [-0.2, -0.15) is 0 Å². The summed E-state index contributed by atoms with van der Waals surface area (Å²) in [7, 11) is 0. The first-order valence-corrected chi connectivity index (χ1v) is 25.4. The molecule has 0 radical (unpaired) electrons. The SMILES string of the molecule is C#CCOc1cc2c(CC(C#CCOc3ccc4c(c(CC(C#CCOc5cc(C#C)c6c(c5)c(CCN(CC#C)CC#C)cn6CC#C)N(CC#C)CC#C)cn4CC#C)c3C#C)N(CC#C)CC#C)cn(CC#C)c2cc1C#C. The summed E-state index contributed by atoms with van der Waals surface area (Å²) in [6.45, 7) is 3.24. The molecule has 2 unspecified atom stereocenters. The normalized spacial score (nSPS) is 10.9. The Morgan fingerprint density at radius 3 is 1.57 bits per heavy atom. The van der Waals surface area contributed by atoms with Gasteiger partial charge in [0.15, 0.2) is 0 Å². The van der Waals surface area contributed by atoms with Crippen LogP contribution in [0.1, 0.15) is 33.4 Å². The summed E-state index contributed by atoms with van der Waals surface area (Å²) in [5.41, 5.74) is 6.87. The van der Waals surface area contributed by atoms with Crippen LogP contribution in [0.2, 0.25) is 0 Å². The molecule has 0 bridgehead atoms. The zero-order chi connectivity index (χ0) is 58.1. The molecule has 6 rings (SSSR count). The minimum absolute atomic E-state index is 0.00748. The fourth-order valence-corrected chi connectivity index (χ4v) is 9.62. The minimum atomic E-state index is -0.498. The van der Waals surface area contributed by atoms with Crippen LogP contribution in [-0.4, -0.2) is 106 Å². The fourth-order valence-electron chi connectivity index (χ4n) is 9.62. The van der Waals surface area contributed by atoms with Crippen LogP contribution >= 0.6 is 0 Å². The van der Waals surface area contributed by atoms with E-state index in [2.05, 4.69) is 101 Å². The molecule has 2 atom stereocenters. The van der Waals surface area contributed by atoms with E-state index in [-0.39, 0.29) is 52.5 Å². The molecule has 0 amide bonds. The summed E-state index contributed by atoms with van der Waals surface area (Å²) in [4.78, 5) is 5.88. The summed E-state index contributed by atoms with van der Waals surface area (Å²) in [6.07, 6.45) is 83.5. The molecule has 81 heavy (non-hydrogen) atoms. The average Bonchev–Trinajstić information content (AvgIpc) is 4.13. The van der Waals surface area contributed by atoms with Gasteiger partial charge in [-0.1, -0.05) is 101 Å². The number of terminal acetylenes is 13. The van der Waals surface area contributed by atoms with Crippen LogP contribution < -0.4 is 14.2 Å². The Bertz CT molecular complexity index is 4010. The molecule has 9 nitrogen and oxygen atoms in total. The largest absolute Gasteiger partial charge is 0.481 e. The number of benzene rings is 3. The van der Waals surface area contributed by atoms with Crippen LogP contribution in [0.5, 0.6) is 17.2 Å². The maximum atomic E-state index is 6.42.